The molecule has 2 rings (SSSR count). The zero-order valence-corrected chi connectivity index (χ0v) is 12.5. The first kappa shape index (κ1) is 14.5. The van der Waals surface area contributed by atoms with Gasteiger partial charge in [0, 0.05) is 38.8 Å². The molecule has 1 N–H and O–H groups in total. The van der Waals surface area contributed by atoms with Crippen LogP contribution in [-0.4, -0.2) is 56.1 Å². The van der Waals surface area contributed by atoms with Gasteiger partial charge in [0.25, 0.3) is 0 Å². The van der Waals surface area contributed by atoms with E-state index in [0.29, 0.717) is 6.04 Å². The lowest BCUT2D eigenvalue weighted by Crippen LogP contribution is -2.35. The van der Waals surface area contributed by atoms with Gasteiger partial charge in [-0.2, -0.15) is 0 Å². The van der Waals surface area contributed by atoms with Gasteiger partial charge in [-0.1, -0.05) is 37.3 Å². The Morgan fingerprint density at radius 2 is 1.95 bits per heavy atom. The first-order chi connectivity index (χ1) is 9.16. The summed E-state index contributed by atoms with van der Waals surface area (Å²) >= 11 is 0. The quantitative estimate of drug-likeness (QED) is 0.786. The second kappa shape index (κ2) is 7.04. The number of benzene rings is 1. The zero-order valence-electron chi connectivity index (χ0n) is 12.5. The number of likely N-dealkylation sites (N-methyl/N-ethyl adjacent to an activating group) is 1. The first-order valence-corrected chi connectivity index (χ1v) is 7.30. The third-order valence-corrected chi connectivity index (χ3v) is 4.09. The molecule has 0 aliphatic carbocycles. The van der Waals surface area contributed by atoms with Crippen LogP contribution < -0.4 is 5.32 Å². The van der Waals surface area contributed by atoms with Gasteiger partial charge in [-0.05, 0) is 25.6 Å². The molecule has 1 fully saturated rings. The van der Waals surface area contributed by atoms with Gasteiger partial charge in [-0.3, -0.25) is 0 Å². The number of likely N-dealkylation sites (tertiary alicyclic amines) is 1. The van der Waals surface area contributed by atoms with Crippen LogP contribution in [0.1, 0.15) is 12.5 Å². The molecule has 19 heavy (non-hydrogen) atoms. The van der Waals surface area contributed by atoms with Crippen molar-refractivity contribution in [1.82, 2.24) is 15.1 Å². The smallest absolute Gasteiger partial charge is 0.0254 e. The Kier molecular flexibility index (Phi) is 5.37. The highest BCUT2D eigenvalue weighted by Crippen LogP contribution is 2.19. The minimum Gasteiger partial charge on any atom is -0.311 e. The molecule has 0 amide bonds. The van der Waals surface area contributed by atoms with Crippen molar-refractivity contribution in [2.75, 3.05) is 40.3 Å². The van der Waals surface area contributed by atoms with Crippen LogP contribution in [0.25, 0.3) is 0 Å². The summed E-state index contributed by atoms with van der Waals surface area (Å²) in [6.45, 7) is 8.00. The molecule has 0 spiro atoms. The fraction of sp³-hybridized carbons (Fsp3) is 0.625. The molecular weight excluding hydrogens is 234 g/mol. The molecule has 1 aromatic carbocycles. The average molecular weight is 261 g/mol. The lowest BCUT2D eigenvalue weighted by Gasteiger charge is -2.22. The van der Waals surface area contributed by atoms with E-state index in [1.807, 2.05) is 0 Å². The summed E-state index contributed by atoms with van der Waals surface area (Å²) in [4.78, 5) is 4.94. The van der Waals surface area contributed by atoms with Gasteiger partial charge in [-0.15, -0.1) is 0 Å². The van der Waals surface area contributed by atoms with E-state index in [9.17, 15) is 0 Å². The molecule has 3 heteroatoms. The predicted molar refractivity (Wildman–Crippen MR) is 81.2 cm³/mol. The zero-order chi connectivity index (χ0) is 13.7. The van der Waals surface area contributed by atoms with Crippen LogP contribution in [-0.2, 0) is 6.54 Å². The predicted octanol–water partition coefficient (Wildman–Crippen LogP) is 1.66. The van der Waals surface area contributed by atoms with Crippen molar-refractivity contribution in [3.8, 4) is 0 Å². The Balaban J connectivity index is 1.64. The molecular formula is C16H27N3. The summed E-state index contributed by atoms with van der Waals surface area (Å²) in [6, 6.07) is 11.3. The number of nitrogens with one attached hydrogen (secondary N) is 1. The van der Waals surface area contributed by atoms with E-state index >= 15 is 0 Å². The third-order valence-electron chi connectivity index (χ3n) is 4.09. The topological polar surface area (TPSA) is 18.5 Å². The van der Waals surface area contributed by atoms with Crippen molar-refractivity contribution in [2.45, 2.75) is 19.5 Å². The molecule has 106 valence electrons. The summed E-state index contributed by atoms with van der Waals surface area (Å²) in [7, 11) is 4.39. The van der Waals surface area contributed by atoms with E-state index in [1.165, 1.54) is 18.7 Å². The maximum atomic E-state index is 3.53. The summed E-state index contributed by atoms with van der Waals surface area (Å²) in [5, 5.41) is 3.53. The van der Waals surface area contributed by atoms with Crippen LogP contribution in [0.5, 0.6) is 0 Å². The Bertz CT molecular complexity index is 364. The van der Waals surface area contributed by atoms with Crippen molar-refractivity contribution >= 4 is 0 Å². The highest BCUT2D eigenvalue weighted by molar-refractivity contribution is 5.14. The van der Waals surface area contributed by atoms with Crippen molar-refractivity contribution < 1.29 is 0 Å². The van der Waals surface area contributed by atoms with Crippen LogP contribution >= 0.6 is 0 Å². The van der Waals surface area contributed by atoms with Gasteiger partial charge in [0.1, 0.15) is 0 Å². The van der Waals surface area contributed by atoms with Crippen LogP contribution in [0.4, 0.5) is 0 Å². The minimum absolute atomic E-state index is 0.717. The van der Waals surface area contributed by atoms with E-state index in [2.05, 4.69) is 66.5 Å². The van der Waals surface area contributed by atoms with Crippen LogP contribution in [0.2, 0.25) is 0 Å². The largest absolute Gasteiger partial charge is 0.311 e. The Labute approximate surface area is 117 Å². The molecule has 1 aromatic rings. The minimum atomic E-state index is 0.717. The SMILES string of the molecule is CC1CN(CCNCc2ccccc2)CC1N(C)C. The van der Waals surface area contributed by atoms with Crippen molar-refractivity contribution in [2.24, 2.45) is 5.92 Å². The van der Waals surface area contributed by atoms with E-state index in [1.54, 1.807) is 0 Å². The number of hydrogen-bond acceptors (Lipinski definition) is 3. The molecule has 2 atom stereocenters. The first-order valence-electron chi connectivity index (χ1n) is 7.30. The molecule has 1 heterocycles. The van der Waals surface area contributed by atoms with Crippen LogP contribution in [0.15, 0.2) is 30.3 Å². The second-order valence-electron chi connectivity index (χ2n) is 5.93. The lowest BCUT2D eigenvalue weighted by molar-refractivity contribution is 0.252. The molecule has 1 saturated heterocycles. The fourth-order valence-corrected chi connectivity index (χ4v) is 2.97. The van der Waals surface area contributed by atoms with Gasteiger partial charge in [0.05, 0.1) is 0 Å². The maximum absolute atomic E-state index is 3.53. The monoisotopic (exact) mass is 261 g/mol. The van der Waals surface area contributed by atoms with Crippen molar-refractivity contribution in [1.29, 1.82) is 0 Å². The fourth-order valence-electron chi connectivity index (χ4n) is 2.97. The molecule has 0 saturated carbocycles. The Morgan fingerprint density at radius 1 is 1.21 bits per heavy atom. The van der Waals surface area contributed by atoms with Crippen molar-refractivity contribution in [3.05, 3.63) is 35.9 Å². The highest BCUT2D eigenvalue weighted by Gasteiger charge is 2.30. The highest BCUT2D eigenvalue weighted by atomic mass is 15.2. The van der Waals surface area contributed by atoms with E-state index in [4.69, 9.17) is 0 Å². The Hall–Kier alpha value is -0.900. The van der Waals surface area contributed by atoms with Gasteiger partial charge in [0.2, 0.25) is 0 Å². The molecule has 1 aliphatic heterocycles. The summed E-state index contributed by atoms with van der Waals surface area (Å²) in [5.41, 5.74) is 1.36. The number of hydrogen-bond donors (Lipinski definition) is 1. The third kappa shape index (κ3) is 4.30. The van der Waals surface area contributed by atoms with Crippen LogP contribution in [0, 0.1) is 5.92 Å². The van der Waals surface area contributed by atoms with Crippen LogP contribution in [0.3, 0.4) is 0 Å². The molecule has 1 aliphatic rings. The number of rotatable bonds is 6. The van der Waals surface area contributed by atoms with E-state index < -0.39 is 0 Å². The number of nitrogens with zero attached hydrogens (tertiary/aromatic N) is 2. The van der Waals surface area contributed by atoms with Gasteiger partial charge < -0.3 is 15.1 Å². The standard InChI is InChI=1S/C16H27N3/c1-14-12-19(13-16(14)18(2)3)10-9-17-11-15-7-5-4-6-8-15/h4-8,14,16-17H,9-13H2,1-3H3. The normalized spacial score (nSPS) is 24.2. The Morgan fingerprint density at radius 3 is 2.58 bits per heavy atom. The summed E-state index contributed by atoms with van der Waals surface area (Å²) in [6.07, 6.45) is 0. The van der Waals surface area contributed by atoms with Gasteiger partial charge >= 0.3 is 0 Å². The summed E-state index contributed by atoms with van der Waals surface area (Å²) < 4.78 is 0. The maximum Gasteiger partial charge on any atom is 0.0254 e. The summed E-state index contributed by atoms with van der Waals surface area (Å²) in [5.74, 6) is 0.782. The molecule has 3 nitrogen and oxygen atoms in total. The average Bonchev–Trinajstić information content (AvgIpc) is 2.77. The second-order valence-corrected chi connectivity index (χ2v) is 5.93. The molecule has 0 radical (unpaired) electrons. The van der Waals surface area contributed by atoms with E-state index in [-0.39, 0.29) is 0 Å². The lowest BCUT2D eigenvalue weighted by atomic mass is 10.1. The van der Waals surface area contributed by atoms with Crippen molar-refractivity contribution in [3.63, 3.8) is 0 Å². The van der Waals surface area contributed by atoms with E-state index in [0.717, 1.165) is 25.6 Å². The molecule has 0 bridgehead atoms. The molecule has 2 unspecified atom stereocenters. The molecule has 0 aromatic heterocycles. The van der Waals surface area contributed by atoms with Gasteiger partial charge in [-0.25, -0.2) is 0 Å². The van der Waals surface area contributed by atoms with Gasteiger partial charge in [0.15, 0.2) is 0 Å².